The van der Waals surface area contributed by atoms with E-state index >= 15 is 4.39 Å². The summed E-state index contributed by atoms with van der Waals surface area (Å²) >= 11 is 0. The van der Waals surface area contributed by atoms with Crippen molar-refractivity contribution in [2.45, 2.75) is 44.3 Å². The number of benzene rings is 2. The normalized spacial score (nSPS) is 17.0. The number of nitrogens with zero attached hydrogens (tertiary/aromatic N) is 2. The summed E-state index contributed by atoms with van der Waals surface area (Å²) in [7, 11) is -3.32. The van der Waals surface area contributed by atoms with E-state index in [1.165, 1.54) is 10.4 Å². The molecule has 5 nitrogen and oxygen atoms in total. The van der Waals surface area contributed by atoms with Gasteiger partial charge < -0.3 is 5.11 Å². The second kappa shape index (κ2) is 10.2. The fourth-order valence-electron chi connectivity index (χ4n) is 4.33. The van der Waals surface area contributed by atoms with Gasteiger partial charge in [0.05, 0.1) is 6.26 Å². The fraction of sp³-hybridized carbons (Fsp3) is 0.500. The van der Waals surface area contributed by atoms with Crippen LogP contribution in [-0.4, -0.2) is 67.5 Å². The molecule has 0 saturated carbocycles. The molecule has 2 aromatic rings. The van der Waals surface area contributed by atoms with Gasteiger partial charge in [-0.1, -0.05) is 44.2 Å². The Labute approximate surface area is 210 Å². The van der Waals surface area contributed by atoms with E-state index in [9.17, 15) is 39.9 Å². The van der Waals surface area contributed by atoms with Crippen LogP contribution in [0, 0.1) is 5.82 Å². The van der Waals surface area contributed by atoms with E-state index in [-0.39, 0.29) is 31.1 Å². The Morgan fingerprint density at radius 1 is 0.919 bits per heavy atom. The van der Waals surface area contributed by atoms with Crippen LogP contribution in [-0.2, 0) is 22.2 Å². The van der Waals surface area contributed by atoms with Crippen molar-refractivity contribution >= 4 is 10.0 Å². The van der Waals surface area contributed by atoms with Crippen LogP contribution >= 0.6 is 0 Å². The highest BCUT2D eigenvalue weighted by Crippen LogP contribution is 2.50. The van der Waals surface area contributed by atoms with Crippen LogP contribution in [0.5, 0.6) is 0 Å². The number of hydrogen-bond acceptors (Lipinski definition) is 4. The Hall–Kier alpha value is -2.22. The van der Waals surface area contributed by atoms with Gasteiger partial charge in [0.15, 0.2) is 0 Å². The quantitative estimate of drug-likeness (QED) is 0.509. The molecule has 0 aliphatic carbocycles. The first-order valence-corrected chi connectivity index (χ1v) is 13.2. The van der Waals surface area contributed by atoms with Gasteiger partial charge in [-0.3, -0.25) is 4.90 Å². The van der Waals surface area contributed by atoms with Gasteiger partial charge in [0.1, 0.15) is 5.82 Å². The minimum atomic E-state index is -6.00. The molecule has 3 rings (SSSR count). The summed E-state index contributed by atoms with van der Waals surface area (Å²) in [5, 5.41) is 9.61. The van der Waals surface area contributed by atoms with E-state index in [2.05, 4.69) is 0 Å². The zero-order valence-corrected chi connectivity index (χ0v) is 21.1. The first-order valence-electron chi connectivity index (χ1n) is 11.3. The summed E-state index contributed by atoms with van der Waals surface area (Å²) in [5.41, 5.74) is -5.00. The summed E-state index contributed by atoms with van der Waals surface area (Å²) in [6, 6.07) is 5.84. The molecule has 0 unspecified atom stereocenters. The predicted octanol–water partition coefficient (Wildman–Crippen LogP) is 5.01. The largest absolute Gasteiger partial charge is 0.430 e. The second-order valence-electron chi connectivity index (χ2n) is 9.41. The van der Waals surface area contributed by atoms with Gasteiger partial charge in [-0.2, -0.15) is 30.6 Å². The average Bonchev–Trinajstić information content (AvgIpc) is 2.78. The SMILES string of the molecule is CC(C)c1cc(CN2CCN(S(C)(=O)=O)CC2)c(F)cc1-c1ccc(C(O)(C(F)(F)F)C(F)(F)F)cc1. The van der Waals surface area contributed by atoms with Crippen LogP contribution in [0.3, 0.4) is 0 Å². The van der Waals surface area contributed by atoms with Crippen molar-refractivity contribution in [3.05, 3.63) is 58.9 Å². The lowest BCUT2D eigenvalue weighted by Crippen LogP contribution is -2.53. The monoisotopic (exact) mass is 556 g/mol. The van der Waals surface area contributed by atoms with Crippen LogP contribution in [0.25, 0.3) is 11.1 Å². The van der Waals surface area contributed by atoms with E-state index in [4.69, 9.17) is 0 Å². The van der Waals surface area contributed by atoms with E-state index in [1.54, 1.807) is 6.07 Å². The highest BCUT2D eigenvalue weighted by molar-refractivity contribution is 7.88. The molecule has 2 aromatic carbocycles. The van der Waals surface area contributed by atoms with Crippen molar-refractivity contribution in [2.75, 3.05) is 32.4 Å². The molecule has 206 valence electrons. The molecule has 1 saturated heterocycles. The van der Waals surface area contributed by atoms with E-state index in [0.29, 0.717) is 41.9 Å². The van der Waals surface area contributed by atoms with Crippen molar-refractivity contribution in [3.63, 3.8) is 0 Å². The summed E-state index contributed by atoms with van der Waals surface area (Å²) in [6.45, 7) is 5.15. The second-order valence-corrected chi connectivity index (χ2v) is 11.4. The zero-order valence-electron chi connectivity index (χ0n) is 20.3. The predicted molar refractivity (Wildman–Crippen MR) is 124 cm³/mol. The molecule has 13 heteroatoms. The Morgan fingerprint density at radius 3 is 1.86 bits per heavy atom. The highest BCUT2D eigenvalue weighted by Gasteiger charge is 2.71. The van der Waals surface area contributed by atoms with Crippen molar-refractivity contribution < 1.29 is 44.3 Å². The Bertz CT molecular complexity index is 1200. The molecule has 1 aliphatic rings. The highest BCUT2D eigenvalue weighted by atomic mass is 32.2. The molecule has 37 heavy (non-hydrogen) atoms. The number of hydrogen-bond donors (Lipinski definition) is 1. The molecule has 0 amide bonds. The van der Waals surface area contributed by atoms with Crippen molar-refractivity contribution in [1.29, 1.82) is 0 Å². The molecule has 0 atom stereocenters. The van der Waals surface area contributed by atoms with Gasteiger partial charge >= 0.3 is 12.4 Å². The third kappa shape index (κ3) is 5.94. The molecule has 0 spiro atoms. The van der Waals surface area contributed by atoms with Gasteiger partial charge in [0.25, 0.3) is 5.60 Å². The number of rotatable bonds is 6. The van der Waals surface area contributed by atoms with Gasteiger partial charge in [-0.05, 0) is 28.7 Å². The number of alkyl halides is 6. The first-order chi connectivity index (χ1) is 16.9. The van der Waals surface area contributed by atoms with E-state index in [1.807, 2.05) is 18.7 Å². The van der Waals surface area contributed by atoms with Gasteiger partial charge in [0.2, 0.25) is 10.0 Å². The zero-order chi connectivity index (χ0) is 28.0. The molecule has 0 radical (unpaired) electrons. The Balaban J connectivity index is 1.92. The molecule has 1 N–H and O–H groups in total. The first kappa shape index (κ1) is 29.3. The Morgan fingerprint density at radius 2 is 1.43 bits per heavy atom. The third-order valence-corrected chi connectivity index (χ3v) is 7.77. The summed E-state index contributed by atoms with van der Waals surface area (Å²) in [4.78, 5) is 1.90. The third-order valence-electron chi connectivity index (χ3n) is 6.47. The van der Waals surface area contributed by atoms with Crippen LogP contribution in [0.15, 0.2) is 36.4 Å². The minimum Gasteiger partial charge on any atom is -0.369 e. The fourth-order valence-corrected chi connectivity index (χ4v) is 5.15. The number of piperazine rings is 1. The summed E-state index contributed by atoms with van der Waals surface area (Å²) in [5.74, 6) is -0.783. The molecule has 0 bridgehead atoms. The van der Waals surface area contributed by atoms with Crippen LogP contribution in [0.2, 0.25) is 0 Å². The van der Waals surface area contributed by atoms with Crippen LogP contribution < -0.4 is 0 Å². The maximum atomic E-state index is 15.1. The van der Waals surface area contributed by atoms with Gasteiger partial charge in [-0.15, -0.1) is 0 Å². The average molecular weight is 557 g/mol. The standard InChI is InChI=1S/C24H27F7N2O3S/c1-15(2)19-12-17(14-32-8-10-33(11-9-32)37(3,35)36)21(25)13-20(19)16-4-6-18(7-5-16)22(34,23(26,27)28)24(29,30)31/h4-7,12-13,15,34H,8-11,14H2,1-3H3. The maximum Gasteiger partial charge on any atom is 0.430 e. The number of aliphatic hydroxyl groups is 1. The van der Waals surface area contributed by atoms with Crippen molar-refractivity contribution in [2.24, 2.45) is 0 Å². The maximum absolute atomic E-state index is 15.1. The van der Waals surface area contributed by atoms with E-state index < -0.39 is 39.4 Å². The number of sulfonamides is 1. The molecular formula is C24H27F7N2O3S. The minimum absolute atomic E-state index is 0.168. The van der Waals surface area contributed by atoms with Crippen molar-refractivity contribution in [1.82, 2.24) is 9.21 Å². The van der Waals surface area contributed by atoms with E-state index in [0.717, 1.165) is 18.4 Å². The Kier molecular flexibility index (Phi) is 8.05. The molecule has 1 heterocycles. The smallest absolute Gasteiger partial charge is 0.369 e. The lowest BCUT2D eigenvalue weighted by Gasteiger charge is -2.33. The van der Waals surface area contributed by atoms with Crippen LogP contribution in [0.1, 0.15) is 36.5 Å². The van der Waals surface area contributed by atoms with Crippen LogP contribution in [0.4, 0.5) is 30.7 Å². The summed E-state index contributed by atoms with van der Waals surface area (Å²) < 4.78 is 119. The lowest BCUT2D eigenvalue weighted by atomic mass is 9.87. The molecule has 1 fully saturated rings. The van der Waals surface area contributed by atoms with Gasteiger partial charge in [-0.25, -0.2) is 12.8 Å². The van der Waals surface area contributed by atoms with Crippen molar-refractivity contribution in [3.8, 4) is 11.1 Å². The lowest BCUT2D eigenvalue weighted by molar-refractivity contribution is -0.376. The molecule has 1 aliphatic heterocycles. The topological polar surface area (TPSA) is 60.9 Å². The van der Waals surface area contributed by atoms with Gasteiger partial charge in [0, 0.05) is 43.9 Å². The molecule has 0 aromatic heterocycles. The molecular weight excluding hydrogens is 529 g/mol. The summed E-state index contributed by atoms with van der Waals surface area (Å²) in [6.07, 6.45) is -10.9. The number of halogens is 7.